The molecule has 0 heterocycles. The van der Waals surface area contributed by atoms with Crippen LogP contribution < -0.4 is 0 Å². The monoisotopic (exact) mass is 471 g/mol. The minimum Gasteiger partial charge on any atom is -0.0776 e. The van der Waals surface area contributed by atoms with Gasteiger partial charge in [0, 0.05) is 0 Å². The Bertz CT molecular complexity index is 294. The highest BCUT2D eigenvalue weighted by atomic mass is 14.2. The van der Waals surface area contributed by atoms with Crippen LogP contribution in [0.25, 0.3) is 0 Å². The molecule has 0 aliphatic heterocycles. The van der Waals surface area contributed by atoms with Crippen molar-refractivity contribution in [3.63, 3.8) is 0 Å². The predicted octanol–water partition coefficient (Wildman–Crippen LogP) is 13.6. The van der Waals surface area contributed by atoms with E-state index in [9.17, 15) is 0 Å². The molecular weight excluding hydrogens is 396 g/mol. The summed E-state index contributed by atoms with van der Waals surface area (Å²) in [4.78, 5) is 0. The van der Waals surface area contributed by atoms with Gasteiger partial charge in [-0.2, -0.15) is 0 Å². The fourth-order valence-electron chi connectivity index (χ4n) is 5.12. The van der Waals surface area contributed by atoms with Crippen molar-refractivity contribution >= 4 is 0 Å². The molecule has 33 heavy (non-hydrogen) atoms. The van der Waals surface area contributed by atoms with Crippen LogP contribution in [0.5, 0.6) is 0 Å². The summed E-state index contributed by atoms with van der Waals surface area (Å²) >= 11 is 0. The average Bonchev–Trinajstić information content (AvgIpc) is 2.74. The molecule has 0 aromatic rings. The maximum absolute atomic E-state index is 2.55. The van der Waals surface area contributed by atoms with E-state index in [1.165, 1.54) is 154 Å². The molecule has 0 saturated carbocycles. The molecule has 0 heteroatoms. The number of rotatable bonds is 25. The van der Waals surface area contributed by atoms with Gasteiger partial charge in [-0.1, -0.05) is 198 Å². The van der Waals surface area contributed by atoms with Gasteiger partial charge in [0.25, 0.3) is 0 Å². The lowest BCUT2D eigenvalue weighted by Crippen LogP contribution is -2.08. The minimum absolute atomic E-state index is 0. The van der Waals surface area contributed by atoms with E-state index in [2.05, 4.69) is 27.7 Å². The molecule has 0 amide bonds. The SMILES string of the molecule is C.C.C.CCCCCCCCCCC(CCCCCCCC)CC(C)CCCCCCCC. The smallest absolute Gasteiger partial charge is 0.0412 e. The van der Waals surface area contributed by atoms with Crippen LogP contribution in [0.4, 0.5) is 0 Å². The zero-order valence-corrected chi connectivity index (χ0v) is 22.1. The van der Waals surface area contributed by atoms with Crippen LogP contribution in [-0.2, 0) is 0 Å². The van der Waals surface area contributed by atoms with E-state index in [0.717, 1.165) is 11.8 Å². The van der Waals surface area contributed by atoms with Crippen molar-refractivity contribution < 1.29 is 0 Å². The molecule has 0 aliphatic rings. The quantitative estimate of drug-likeness (QED) is 0.116. The molecule has 2 unspecified atom stereocenters. The molecule has 2 atom stereocenters. The molecule has 0 bridgehead atoms. The van der Waals surface area contributed by atoms with Crippen molar-refractivity contribution in [3.8, 4) is 0 Å². The fraction of sp³-hybridized carbons (Fsp3) is 1.00. The van der Waals surface area contributed by atoms with Crippen LogP contribution >= 0.6 is 0 Å². The summed E-state index contributed by atoms with van der Waals surface area (Å²) in [6, 6.07) is 0. The minimum atomic E-state index is 0. The van der Waals surface area contributed by atoms with Gasteiger partial charge < -0.3 is 0 Å². The van der Waals surface area contributed by atoms with Crippen molar-refractivity contribution in [3.05, 3.63) is 0 Å². The van der Waals surface area contributed by atoms with Crippen molar-refractivity contribution in [1.29, 1.82) is 0 Å². The molecule has 0 spiro atoms. The summed E-state index contributed by atoms with van der Waals surface area (Å²) in [6.45, 7) is 9.51. The van der Waals surface area contributed by atoms with E-state index < -0.39 is 0 Å². The maximum atomic E-state index is 2.55. The standard InChI is InChI=1S/C30H62.3CH4/c1-5-8-11-14-17-18-21-24-27-30(26-23-20-16-13-10-7-3)28-29(4)25-22-19-15-12-9-6-2;;;/h29-30H,5-28H2,1-4H3;3*1H4. The van der Waals surface area contributed by atoms with Crippen LogP contribution in [-0.4, -0.2) is 0 Å². The zero-order chi connectivity index (χ0) is 22.1. The Morgan fingerprint density at radius 1 is 0.364 bits per heavy atom. The van der Waals surface area contributed by atoms with E-state index in [0.29, 0.717) is 0 Å². The lowest BCUT2D eigenvalue weighted by Gasteiger charge is -2.21. The van der Waals surface area contributed by atoms with E-state index in [1.807, 2.05) is 0 Å². The Labute approximate surface area is 215 Å². The Morgan fingerprint density at radius 3 is 0.970 bits per heavy atom. The summed E-state index contributed by atoms with van der Waals surface area (Å²) in [5.41, 5.74) is 0. The second-order valence-electron chi connectivity index (χ2n) is 10.6. The highest BCUT2D eigenvalue weighted by molar-refractivity contribution is 4.66. The largest absolute Gasteiger partial charge is 0.0776 e. The zero-order valence-electron chi connectivity index (χ0n) is 22.1. The van der Waals surface area contributed by atoms with Crippen molar-refractivity contribution in [2.75, 3.05) is 0 Å². The number of hydrogen-bond donors (Lipinski definition) is 0. The van der Waals surface area contributed by atoms with E-state index >= 15 is 0 Å². The highest BCUT2D eigenvalue weighted by Gasteiger charge is 2.13. The third-order valence-electron chi connectivity index (χ3n) is 7.22. The third kappa shape index (κ3) is 32.0. The topological polar surface area (TPSA) is 0 Å². The molecular formula is C33H74. The van der Waals surface area contributed by atoms with E-state index in [4.69, 9.17) is 0 Å². The van der Waals surface area contributed by atoms with Gasteiger partial charge in [-0.15, -0.1) is 0 Å². The van der Waals surface area contributed by atoms with Gasteiger partial charge >= 0.3 is 0 Å². The van der Waals surface area contributed by atoms with Gasteiger partial charge in [0.1, 0.15) is 0 Å². The van der Waals surface area contributed by atoms with E-state index in [1.54, 1.807) is 0 Å². The molecule has 206 valence electrons. The molecule has 0 aliphatic carbocycles. The van der Waals surface area contributed by atoms with Crippen molar-refractivity contribution in [2.45, 2.75) is 204 Å². The van der Waals surface area contributed by atoms with Gasteiger partial charge in [-0.3, -0.25) is 0 Å². The average molecular weight is 471 g/mol. The summed E-state index contributed by atoms with van der Waals surface area (Å²) in [5.74, 6) is 1.97. The highest BCUT2D eigenvalue weighted by Crippen LogP contribution is 2.28. The number of hydrogen-bond acceptors (Lipinski definition) is 0. The molecule has 0 saturated heterocycles. The number of unbranched alkanes of at least 4 members (excludes halogenated alkanes) is 17. The van der Waals surface area contributed by atoms with Crippen LogP contribution in [0.3, 0.4) is 0 Å². The first-order valence-electron chi connectivity index (χ1n) is 14.7. The van der Waals surface area contributed by atoms with Crippen molar-refractivity contribution in [1.82, 2.24) is 0 Å². The Kier molecular flexibility index (Phi) is 41.6. The first-order chi connectivity index (χ1) is 14.7. The van der Waals surface area contributed by atoms with Gasteiger partial charge in [-0.05, 0) is 18.3 Å². The third-order valence-corrected chi connectivity index (χ3v) is 7.22. The summed E-state index contributed by atoms with van der Waals surface area (Å²) in [7, 11) is 0. The second-order valence-corrected chi connectivity index (χ2v) is 10.6. The van der Waals surface area contributed by atoms with Crippen LogP contribution in [0.15, 0.2) is 0 Å². The summed E-state index contributed by atoms with van der Waals surface area (Å²) in [6.07, 6.45) is 35.2. The molecule has 0 rings (SSSR count). The normalized spacial score (nSPS) is 12.4. The lowest BCUT2D eigenvalue weighted by atomic mass is 9.85. The predicted molar refractivity (Wildman–Crippen MR) is 161 cm³/mol. The van der Waals surface area contributed by atoms with E-state index in [-0.39, 0.29) is 22.3 Å². The first-order valence-corrected chi connectivity index (χ1v) is 14.7. The molecule has 0 fully saturated rings. The Balaban J connectivity index is -0.00000140. The molecule has 0 radical (unpaired) electrons. The lowest BCUT2D eigenvalue weighted by molar-refractivity contribution is 0.313. The Morgan fingerprint density at radius 2 is 0.636 bits per heavy atom. The van der Waals surface area contributed by atoms with Crippen LogP contribution in [0.2, 0.25) is 0 Å². The van der Waals surface area contributed by atoms with Gasteiger partial charge in [0.05, 0.1) is 0 Å². The molecule has 0 aromatic heterocycles. The van der Waals surface area contributed by atoms with Gasteiger partial charge in [-0.25, -0.2) is 0 Å². The van der Waals surface area contributed by atoms with Crippen LogP contribution in [0.1, 0.15) is 204 Å². The van der Waals surface area contributed by atoms with Gasteiger partial charge in [0.2, 0.25) is 0 Å². The first kappa shape index (κ1) is 40.2. The van der Waals surface area contributed by atoms with Crippen LogP contribution in [0, 0.1) is 11.8 Å². The fourth-order valence-corrected chi connectivity index (χ4v) is 5.12. The van der Waals surface area contributed by atoms with Gasteiger partial charge in [0.15, 0.2) is 0 Å². The van der Waals surface area contributed by atoms with Crippen molar-refractivity contribution in [2.24, 2.45) is 11.8 Å². The summed E-state index contributed by atoms with van der Waals surface area (Å²) in [5, 5.41) is 0. The second kappa shape index (κ2) is 34.2. The summed E-state index contributed by atoms with van der Waals surface area (Å²) < 4.78 is 0. The Hall–Kier alpha value is 0. The molecule has 0 aromatic carbocycles. The molecule has 0 nitrogen and oxygen atoms in total. The molecule has 0 N–H and O–H groups in total. The maximum Gasteiger partial charge on any atom is -0.0412 e.